The third-order valence-electron chi connectivity index (χ3n) is 2.42. The van der Waals surface area contributed by atoms with Crippen LogP contribution in [0.5, 0.6) is 0 Å². The second-order valence-corrected chi connectivity index (χ2v) is 5.80. The van der Waals surface area contributed by atoms with Crippen molar-refractivity contribution in [1.82, 2.24) is 9.97 Å². The van der Waals surface area contributed by atoms with Crippen LogP contribution in [0.25, 0.3) is 0 Å². The number of aromatic nitrogens is 2. The number of hydrogen-bond donors (Lipinski definition) is 1. The average Bonchev–Trinajstić information content (AvgIpc) is 2.32. The Morgan fingerprint density at radius 2 is 1.90 bits per heavy atom. The topological polar surface area (TPSA) is 81.0 Å². The number of nitrogens with zero attached hydrogens (tertiary/aromatic N) is 3. The van der Waals surface area contributed by atoms with Crippen LogP contribution in [-0.2, 0) is 0 Å². The van der Waals surface area contributed by atoms with Gasteiger partial charge in [0.1, 0.15) is 5.69 Å². The van der Waals surface area contributed by atoms with Crippen molar-refractivity contribution in [2.75, 3.05) is 5.32 Å². The highest BCUT2D eigenvalue weighted by atomic mass is 79.9. The monoisotopic (exact) mass is 420 g/mol. The molecule has 9 heteroatoms. The molecular weight excluding hydrogens is 415 g/mol. The van der Waals surface area contributed by atoms with Crippen molar-refractivity contribution in [2.24, 2.45) is 0 Å². The fraction of sp³-hybridized carbons (Fsp3) is 0.0909. The van der Waals surface area contributed by atoms with Crippen molar-refractivity contribution in [3.8, 4) is 0 Å². The minimum absolute atomic E-state index is 0.0418. The van der Waals surface area contributed by atoms with E-state index in [1.165, 1.54) is 6.92 Å². The Kier molecular flexibility index (Phi) is 4.56. The van der Waals surface area contributed by atoms with E-state index in [0.29, 0.717) is 5.69 Å². The predicted molar refractivity (Wildman–Crippen MR) is 83.6 cm³/mol. The van der Waals surface area contributed by atoms with Gasteiger partial charge in [0.05, 0.1) is 10.6 Å². The minimum Gasteiger partial charge on any atom is -0.332 e. The molecular formula is C11H7Br2ClN4O2. The zero-order valence-electron chi connectivity index (χ0n) is 10.0. The van der Waals surface area contributed by atoms with Crippen molar-refractivity contribution in [1.29, 1.82) is 0 Å². The highest BCUT2D eigenvalue weighted by Crippen LogP contribution is 2.36. The molecule has 104 valence electrons. The fourth-order valence-electron chi connectivity index (χ4n) is 1.57. The summed E-state index contributed by atoms with van der Waals surface area (Å²) < 4.78 is 1.46. The molecule has 0 unspecified atom stereocenters. The molecule has 0 saturated carbocycles. The van der Waals surface area contributed by atoms with E-state index < -0.39 is 4.92 Å². The summed E-state index contributed by atoms with van der Waals surface area (Å²) in [5.74, 6) is 0.0418. The zero-order chi connectivity index (χ0) is 14.9. The lowest BCUT2D eigenvalue weighted by molar-refractivity contribution is -0.385. The van der Waals surface area contributed by atoms with E-state index in [9.17, 15) is 10.1 Å². The Hall–Kier alpha value is -1.25. The van der Waals surface area contributed by atoms with Crippen LogP contribution in [0.3, 0.4) is 0 Å². The molecule has 2 aromatic rings. The SMILES string of the molecule is Cc1nc(Cl)nc(Nc2c(Br)cccc2Br)c1[N+](=O)[O-]. The number of halogens is 3. The molecule has 2 rings (SSSR count). The molecule has 20 heavy (non-hydrogen) atoms. The van der Waals surface area contributed by atoms with Crippen LogP contribution >= 0.6 is 43.5 Å². The number of anilines is 2. The lowest BCUT2D eigenvalue weighted by Crippen LogP contribution is -2.05. The molecule has 0 saturated heterocycles. The third-order valence-corrected chi connectivity index (χ3v) is 3.91. The van der Waals surface area contributed by atoms with Gasteiger partial charge in [-0.25, -0.2) is 4.98 Å². The molecule has 0 aliphatic heterocycles. The first-order valence-corrected chi connectivity index (χ1v) is 7.26. The van der Waals surface area contributed by atoms with Crippen molar-refractivity contribution < 1.29 is 4.92 Å². The Balaban J connectivity index is 2.56. The maximum Gasteiger partial charge on any atom is 0.332 e. The largest absolute Gasteiger partial charge is 0.332 e. The van der Waals surface area contributed by atoms with Crippen molar-refractivity contribution >= 4 is 60.7 Å². The van der Waals surface area contributed by atoms with Crippen LogP contribution in [0.15, 0.2) is 27.1 Å². The molecule has 0 spiro atoms. The van der Waals surface area contributed by atoms with Gasteiger partial charge in [0.15, 0.2) is 0 Å². The van der Waals surface area contributed by atoms with E-state index in [1.54, 1.807) is 12.1 Å². The van der Waals surface area contributed by atoms with E-state index in [4.69, 9.17) is 11.6 Å². The molecule has 0 aliphatic rings. The van der Waals surface area contributed by atoms with Gasteiger partial charge in [0.2, 0.25) is 11.1 Å². The first-order chi connectivity index (χ1) is 9.40. The van der Waals surface area contributed by atoms with Gasteiger partial charge >= 0.3 is 5.69 Å². The molecule has 1 N–H and O–H groups in total. The minimum atomic E-state index is -0.543. The third kappa shape index (κ3) is 3.08. The highest BCUT2D eigenvalue weighted by molar-refractivity contribution is 9.11. The van der Waals surface area contributed by atoms with Gasteiger partial charge < -0.3 is 5.32 Å². The second-order valence-electron chi connectivity index (χ2n) is 3.75. The van der Waals surface area contributed by atoms with E-state index in [1.807, 2.05) is 6.07 Å². The number of benzene rings is 1. The maximum atomic E-state index is 11.1. The Morgan fingerprint density at radius 1 is 1.30 bits per heavy atom. The Bertz CT molecular complexity index is 676. The van der Waals surface area contributed by atoms with E-state index in [2.05, 4.69) is 47.1 Å². The van der Waals surface area contributed by atoms with Crippen molar-refractivity contribution in [2.45, 2.75) is 6.92 Å². The number of hydrogen-bond acceptors (Lipinski definition) is 5. The highest BCUT2D eigenvalue weighted by Gasteiger charge is 2.22. The summed E-state index contributed by atoms with van der Waals surface area (Å²) >= 11 is 12.5. The van der Waals surface area contributed by atoms with Crippen LogP contribution in [0.2, 0.25) is 5.28 Å². The van der Waals surface area contributed by atoms with Crippen LogP contribution in [-0.4, -0.2) is 14.9 Å². The lowest BCUT2D eigenvalue weighted by atomic mass is 10.3. The number of nitro groups is 1. The molecule has 1 aromatic heterocycles. The second kappa shape index (κ2) is 6.02. The van der Waals surface area contributed by atoms with Gasteiger partial charge in [0.25, 0.3) is 0 Å². The van der Waals surface area contributed by atoms with E-state index in [-0.39, 0.29) is 22.5 Å². The smallest absolute Gasteiger partial charge is 0.332 e. The summed E-state index contributed by atoms with van der Waals surface area (Å²) in [6.45, 7) is 1.51. The van der Waals surface area contributed by atoms with Crippen molar-refractivity contribution in [3.63, 3.8) is 0 Å². The lowest BCUT2D eigenvalue weighted by Gasteiger charge is -2.11. The normalized spacial score (nSPS) is 10.4. The van der Waals surface area contributed by atoms with Crippen LogP contribution in [0.1, 0.15) is 5.69 Å². The molecule has 0 amide bonds. The van der Waals surface area contributed by atoms with Gasteiger partial charge in [0, 0.05) is 8.95 Å². The number of nitrogens with one attached hydrogen (secondary N) is 1. The van der Waals surface area contributed by atoms with Gasteiger partial charge in [-0.15, -0.1) is 0 Å². The predicted octanol–water partition coefficient (Wildman–Crippen LogP) is 4.62. The summed E-state index contributed by atoms with van der Waals surface area (Å²) in [6, 6.07) is 5.43. The van der Waals surface area contributed by atoms with Gasteiger partial charge in [-0.05, 0) is 62.5 Å². The van der Waals surface area contributed by atoms with Crippen LogP contribution in [0.4, 0.5) is 17.2 Å². The van der Waals surface area contributed by atoms with Gasteiger partial charge in [-0.2, -0.15) is 4.98 Å². The van der Waals surface area contributed by atoms with Gasteiger partial charge in [-0.3, -0.25) is 10.1 Å². The number of para-hydroxylation sites is 1. The Labute approximate surface area is 136 Å². The van der Waals surface area contributed by atoms with Crippen LogP contribution in [0, 0.1) is 17.0 Å². The van der Waals surface area contributed by atoms with E-state index >= 15 is 0 Å². The zero-order valence-corrected chi connectivity index (χ0v) is 14.0. The molecule has 0 bridgehead atoms. The first kappa shape index (κ1) is 15.1. The summed E-state index contributed by atoms with van der Waals surface area (Å²) in [7, 11) is 0. The number of aryl methyl sites for hydroxylation is 1. The molecule has 0 radical (unpaired) electrons. The summed E-state index contributed by atoms with van der Waals surface area (Å²) in [5.41, 5.74) is 0.600. The summed E-state index contributed by atoms with van der Waals surface area (Å²) in [6.07, 6.45) is 0. The molecule has 0 atom stereocenters. The number of rotatable bonds is 3. The average molecular weight is 422 g/mol. The van der Waals surface area contributed by atoms with Crippen LogP contribution < -0.4 is 5.32 Å². The molecule has 1 aromatic carbocycles. The standard InChI is InChI=1S/C11H7Br2ClN4O2/c1-5-9(18(19)20)10(17-11(14)15-5)16-8-6(12)3-2-4-7(8)13/h2-4H,1H3,(H,15,16,17). The van der Waals surface area contributed by atoms with Crippen molar-refractivity contribution in [3.05, 3.63) is 48.2 Å². The molecule has 0 aliphatic carbocycles. The maximum absolute atomic E-state index is 11.1. The fourth-order valence-corrected chi connectivity index (χ4v) is 2.98. The molecule has 6 nitrogen and oxygen atoms in total. The summed E-state index contributed by atoms with van der Waals surface area (Å²) in [5, 5.41) is 14.0. The summed E-state index contributed by atoms with van der Waals surface area (Å²) in [4.78, 5) is 18.3. The molecule has 1 heterocycles. The quantitative estimate of drug-likeness (QED) is 0.444. The van der Waals surface area contributed by atoms with Gasteiger partial charge in [-0.1, -0.05) is 6.07 Å². The Morgan fingerprint density at radius 3 is 2.45 bits per heavy atom. The first-order valence-electron chi connectivity index (χ1n) is 5.29. The van der Waals surface area contributed by atoms with E-state index in [0.717, 1.165) is 8.95 Å². The molecule has 0 fully saturated rings.